The summed E-state index contributed by atoms with van der Waals surface area (Å²) in [6.45, 7) is 8.82. The molecule has 1 fully saturated rings. The van der Waals surface area contributed by atoms with Crippen LogP contribution in [0, 0.1) is 0 Å². The molecule has 1 saturated carbocycles. The number of nitrogens with zero attached hydrogens (tertiary/aromatic N) is 3. The molecule has 0 aromatic carbocycles. The predicted molar refractivity (Wildman–Crippen MR) is 73.4 cm³/mol. The van der Waals surface area contributed by atoms with Crippen LogP contribution in [0.5, 0.6) is 0 Å². The highest BCUT2D eigenvalue weighted by Crippen LogP contribution is 2.37. The van der Waals surface area contributed by atoms with Gasteiger partial charge in [-0.05, 0) is 39.7 Å². The molecule has 0 unspecified atom stereocenters. The van der Waals surface area contributed by atoms with Crippen LogP contribution in [-0.2, 0) is 6.54 Å². The molecule has 1 aliphatic rings. The lowest BCUT2D eigenvalue weighted by atomic mass is 10.2. The Bertz CT molecular complexity index is 354. The van der Waals surface area contributed by atoms with Gasteiger partial charge in [0.05, 0.1) is 6.54 Å². The second-order valence-electron chi connectivity index (χ2n) is 5.69. The van der Waals surface area contributed by atoms with Crippen LogP contribution in [0.1, 0.15) is 70.4 Å². The summed E-state index contributed by atoms with van der Waals surface area (Å²) in [4.78, 5) is 7.09. The molecule has 0 bridgehead atoms. The lowest BCUT2D eigenvalue weighted by Crippen LogP contribution is -2.31. The zero-order valence-electron chi connectivity index (χ0n) is 11.9. The van der Waals surface area contributed by atoms with Crippen LogP contribution in [0.2, 0.25) is 0 Å². The van der Waals surface area contributed by atoms with E-state index in [0.717, 1.165) is 24.7 Å². The van der Waals surface area contributed by atoms with Crippen molar-refractivity contribution in [3.8, 4) is 0 Å². The Morgan fingerprint density at radius 3 is 2.72 bits per heavy atom. The summed E-state index contributed by atoms with van der Waals surface area (Å²) in [7, 11) is 0. The van der Waals surface area contributed by atoms with Gasteiger partial charge >= 0.3 is 0 Å². The molecule has 2 rings (SSSR count). The molecule has 0 atom stereocenters. The van der Waals surface area contributed by atoms with Crippen LogP contribution in [-0.4, -0.2) is 32.7 Å². The minimum atomic E-state index is 0.566. The molecular formula is C14H26N4. The van der Waals surface area contributed by atoms with Crippen molar-refractivity contribution >= 4 is 0 Å². The number of aromatic amines is 1. The Hall–Kier alpha value is -0.900. The first-order chi connectivity index (χ1) is 8.70. The van der Waals surface area contributed by atoms with Crippen molar-refractivity contribution in [2.45, 2.75) is 71.4 Å². The van der Waals surface area contributed by atoms with Crippen molar-refractivity contribution in [2.75, 3.05) is 6.54 Å². The number of rotatable bonds is 8. The van der Waals surface area contributed by atoms with E-state index in [0.29, 0.717) is 12.0 Å². The van der Waals surface area contributed by atoms with Crippen LogP contribution in [0.4, 0.5) is 0 Å². The zero-order chi connectivity index (χ0) is 13.0. The van der Waals surface area contributed by atoms with E-state index in [-0.39, 0.29) is 0 Å². The smallest absolute Gasteiger partial charge is 0.153 e. The summed E-state index contributed by atoms with van der Waals surface area (Å²) in [6.07, 6.45) is 6.40. The number of H-pyrrole nitrogens is 1. The van der Waals surface area contributed by atoms with Gasteiger partial charge in [-0.2, -0.15) is 5.10 Å². The molecule has 0 amide bonds. The third-order valence-electron chi connectivity index (χ3n) is 3.62. The lowest BCUT2D eigenvalue weighted by molar-refractivity contribution is 0.203. The Kier molecular flexibility index (Phi) is 4.75. The van der Waals surface area contributed by atoms with Crippen molar-refractivity contribution in [1.29, 1.82) is 0 Å². The van der Waals surface area contributed by atoms with Crippen LogP contribution >= 0.6 is 0 Å². The third-order valence-corrected chi connectivity index (χ3v) is 3.62. The van der Waals surface area contributed by atoms with E-state index >= 15 is 0 Å². The van der Waals surface area contributed by atoms with Crippen LogP contribution < -0.4 is 0 Å². The van der Waals surface area contributed by atoms with Gasteiger partial charge < -0.3 is 0 Å². The number of hydrogen-bond acceptors (Lipinski definition) is 3. The van der Waals surface area contributed by atoms with E-state index in [9.17, 15) is 0 Å². The van der Waals surface area contributed by atoms with Crippen LogP contribution in [0.25, 0.3) is 0 Å². The lowest BCUT2D eigenvalue weighted by Gasteiger charge is -2.25. The fraction of sp³-hybridized carbons (Fsp3) is 0.857. The van der Waals surface area contributed by atoms with Crippen molar-refractivity contribution in [1.82, 2.24) is 20.1 Å². The molecule has 0 saturated heterocycles. The van der Waals surface area contributed by atoms with Gasteiger partial charge in [-0.1, -0.05) is 19.8 Å². The average Bonchev–Trinajstić information content (AvgIpc) is 3.09. The number of hydrogen-bond donors (Lipinski definition) is 1. The van der Waals surface area contributed by atoms with E-state index in [1.54, 1.807) is 0 Å². The number of unbranched alkanes of at least 4 members (excludes halogenated alkanes) is 2. The highest BCUT2D eigenvalue weighted by Gasteiger charge is 2.27. The van der Waals surface area contributed by atoms with Crippen molar-refractivity contribution in [2.24, 2.45) is 0 Å². The molecule has 4 nitrogen and oxygen atoms in total. The molecule has 1 heterocycles. The summed E-state index contributed by atoms with van der Waals surface area (Å²) in [6, 6.07) is 0.566. The van der Waals surface area contributed by atoms with E-state index < -0.39 is 0 Å². The minimum absolute atomic E-state index is 0.566. The Balaban J connectivity index is 1.85. The van der Waals surface area contributed by atoms with Gasteiger partial charge in [0.25, 0.3) is 0 Å². The summed E-state index contributed by atoms with van der Waals surface area (Å²) in [5, 5.41) is 7.42. The molecule has 0 radical (unpaired) electrons. The summed E-state index contributed by atoms with van der Waals surface area (Å²) in [5.41, 5.74) is 0. The molecule has 0 aliphatic heterocycles. The Morgan fingerprint density at radius 1 is 1.33 bits per heavy atom. The first-order valence-electron chi connectivity index (χ1n) is 7.36. The molecule has 0 spiro atoms. The molecular weight excluding hydrogens is 224 g/mol. The van der Waals surface area contributed by atoms with Crippen molar-refractivity contribution in [3.63, 3.8) is 0 Å². The second kappa shape index (κ2) is 6.32. The van der Waals surface area contributed by atoms with Gasteiger partial charge in [0, 0.05) is 12.0 Å². The largest absolute Gasteiger partial charge is 0.294 e. The summed E-state index contributed by atoms with van der Waals surface area (Å²) in [5.74, 6) is 2.70. The third kappa shape index (κ3) is 3.80. The Morgan fingerprint density at radius 2 is 2.11 bits per heavy atom. The van der Waals surface area contributed by atoms with Gasteiger partial charge in [-0.3, -0.25) is 10.00 Å². The van der Waals surface area contributed by atoms with E-state index in [1.165, 1.54) is 32.1 Å². The highest BCUT2D eigenvalue weighted by atomic mass is 15.3. The zero-order valence-corrected chi connectivity index (χ0v) is 11.9. The topological polar surface area (TPSA) is 44.8 Å². The van der Waals surface area contributed by atoms with E-state index in [1.807, 2.05) is 0 Å². The molecule has 1 aromatic heterocycles. The highest BCUT2D eigenvalue weighted by molar-refractivity contribution is 5.04. The van der Waals surface area contributed by atoms with Crippen LogP contribution in [0.3, 0.4) is 0 Å². The predicted octanol–water partition coefficient (Wildman–Crippen LogP) is 3.08. The van der Waals surface area contributed by atoms with Gasteiger partial charge in [-0.25, -0.2) is 4.98 Å². The molecule has 102 valence electrons. The normalized spacial score (nSPS) is 15.8. The maximum absolute atomic E-state index is 4.61. The first-order valence-corrected chi connectivity index (χ1v) is 7.36. The van der Waals surface area contributed by atoms with Gasteiger partial charge in [0.15, 0.2) is 5.82 Å². The van der Waals surface area contributed by atoms with E-state index in [4.69, 9.17) is 0 Å². The summed E-state index contributed by atoms with van der Waals surface area (Å²) < 4.78 is 0. The molecule has 1 aromatic rings. The molecule has 1 aliphatic carbocycles. The number of nitrogens with one attached hydrogen (secondary N) is 1. The number of aromatic nitrogens is 3. The van der Waals surface area contributed by atoms with Gasteiger partial charge in [0.1, 0.15) is 5.82 Å². The Labute approximate surface area is 110 Å². The van der Waals surface area contributed by atoms with Gasteiger partial charge in [-0.15, -0.1) is 0 Å². The fourth-order valence-electron chi connectivity index (χ4n) is 2.18. The van der Waals surface area contributed by atoms with Crippen molar-refractivity contribution < 1.29 is 0 Å². The summed E-state index contributed by atoms with van der Waals surface area (Å²) >= 11 is 0. The molecule has 18 heavy (non-hydrogen) atoms. The second-order valence-corrected chi connectivity index (χ2v) is 5.69. The first kappa shape index (κ1) is 13.5. The average molecular weight is 250 g/mol. The van der Waals surface area contributed by atoms with E-state index in [2.05, 4.69) is 40.9 Å². The maximum Gasteiger partial charge on any atom is 0.153 e. The van der Waals surface area contributed by atoms with Gasteiger partial charge in [0.2, 0.25) is 0 Å². The monoisotopic (exact) mass is 250 g/mol. The van der Waals surface area contributed by atoms with Crippen LogP contribution in [0.15, 0.2) is 0 Å². The quantitative estimate of drug-likeness (QED) is 0.721. The minimum Gasteiger partial charge on any atom is -0.294 e. The maximum atomic E-state index is 4.61. The molecule has 4 heteroatoms. The standard InChI is InChI=1S/C14H26N4/c1-4-5-6-9-18(11(2)3)10-13-15-14(17-16-13)12-7-8-12/h11-12H,4-10H2,1-3H3,(H,15,16,17). The SMILES string of the molecule is CCCCCN(Cc1nc(C2CC2)n[nH]1)C(C)C. The molecule has 1 N–H and O–H groups in total. The fourth-order valence-corrected chi connectivity index (χ4v) is 2.18. The van der Waals surface area contributed by atoms with Crippen molar-refractivity contribution in [3.05, 3.63) is 11.6 Å².